The number of nitrogens with one attached hydrogen (secondary N) is 2. The summed E-state index contributed by atoms with van der Waals surface area (Å²) in [6.45, 7) is 2.08. The number of aldehydes is 1. The number of hydrogen-bond acceptors (Lipinski definition) is 6. The van der Waals surface area contributed by atoms with Crippen LogP contribution in [0.3, 0.4) is 0 Å². The van der Waals surface area contributed by atoms with Crippen LogP contribution in [0, 0.1) is 11.6 Å². The highest BCUT2D eigenvalue weighted by Crippen LogP contribution is 2.40. The van der Waals surface area contributed by atoms with Gasteiger partial charge >= 0.3 is 0 Å². The Morgan fingerprint density at radius 1 is 1.14 bits per heavy atom. The fourth-order valence-corrected chi connectivity index (χ4v) is 5.26. The van der Waals surface area contributed by atoms with Crippen LogP contribution in [0.5, 0.6) is 0 Å². The first-order valence-electron chi connectivity index (χ1n) is 10.0. The van der Waals surface area contributed by atoms with Crippen LogP contribution in [0.15, 0.2) is 6.07 Å². The van der Waals surface area contributed by atoms with Crippen molar-refractivity contribution in [3.8, 4) is 0 Å². The predicted octanol–water partition coefficient (Wildman–Crippen LogP) is 0.360. The van der Waals surface area contributed by atoms with Crippen LogP contribution in [0.4, 0.5) is 14.5 Å². The van der Waals surface area contributed by atoms with E-state index in [-0.39, 0.29) is 24.2 Å². The summed E-state index contributed by atoms with van der Waals surface area (Å²) < 4.78 is 29.0. The van der Waals surface area contributed by atoms with Crippen molar-refractivity contribution in [3.63, 3.8) is 0 Å². The molecule has 0 radical (unpaired) electrons. The number of amides is 1. The molecule has 2 N–H and O–H groups in total. The molecule has 4 atom stereocenters. The van der Waals surface area contributed by atoms with Crippen LogP contribution in [-0.2, 0) is 16.1 Å². The van der Waals surface area contributed by atoms with E-state index in [1.165, 1.54) is 6.07 Å². The Hall–Kier alpha value is -2.39. The van der Waals surface area contributed by atoms with E-state index in [2.05, 4.69) is 15.5 Å². The number of benzene rings is 1. The molecule has 0 aliphatic carbocycles. The van der Waals surface area contributed by atoms with Gasteiger partial charge in [0.1, 0.15) is 0 Å². The van der Waals surface area contributed by atoms with Gasteiger partial charge in [0.15, 0.2) is 17.9 Å². The smallest absolute Gasteiger partial charge is 0.257 e. The van der Waals surface area contributed by atoms with Crippen molar-refractivity contribution >= 4 is 23.7 Å². The van der Waals surface area contributed by atoms with Gasteiger partial charge in [-0.1, -0.05) is 0 Å². The minimum Gasteiger partial charge on any atom is -0.365 e. The molecular weight excluding hydrogens is 382 g/mol. The van der Waals surface area contributed by atoms with E-state index in [0.29, 0.717) is 43.0 Å². The minimum atomic E-state index is -1.09. The summed E-state index contributed by atoms with van der Waals surface area (Å²) in [6, 6.07) is 1.01. The summed E-state index contributed by atoms with van der Waals surface area (Å²) >= 11 is 0. The molecule has 7 nitrogen and oxygen atoms in total. The number of piperidine rings is 1. The lowest BCUT2D eigenvalue weighted by molar-refractivity contribution is -0.131. The molecule has 1 aromatic carbocycles. The topological polar surface area (TPSA) is 81.8 Å². The molecule has 3 saturated heterocycles. The molecule has 2 bridgehead atoms. The molecule has 29 heavy (non-hydrogen) atoms. The second-order valence-corrected chi connectivity index (χ2v) is 8.34. The number of halogens is 2. The number of ketones is 1. The van der Waals surface area contributed by atoms with E-state index in [1.54, 1.807) is 4.90 Å². The Kier molecular flexibility index (Phi) is 4.40. The molecule has 0 aromatic heterocycles. The number of carbonyl (C=O) groups is 3. The van der Waals surface area contributed by atoms with Crippen LogP contribution in [-0.4, -0.2) is 66.7 Å². The van der Waals surface area contributed by atoms with Gasteiger partial charge in [-0.2, -0.15) is 0 Å². The van der Waals surface area contributed by atoms with Crippen molar-refractivity contribution in [1.29, 1.82) is 0 Å². The molecule has 4 heterocycles. The van der Waals surface area contributed by atoms with Gasteiger partial charge in [-0.25, -0.2) is 8.78 Å². The molecule has 3 fully saturated rings. The summed E-state index contributed by atoms with van der Waals surface area (Å²) in [6.07, 6.45) is 2.21. The highest BCUT2D eigenvalue weighted by atomic mass is 19.2. The highest BCUT2D eigenvalue weighted by Gasteiger charge is 2.44. The molecule has 1 aromatic rings. The molecule has 1 amide bonds. The zero-order chi connectivity index (χ0) is 20.3. The van der Waals surface area contributed by atoms with Crippen LogP contribution in [0.2, 0.25) is 0 Å². The second-order valence-electron chi connectivity index (χ2n) is 8.34. The Balaban J connectivity index is 1.42. The van der Waals surface area contributed by atoms with Crippen molar-refractivity contribution in [1.82, 2.24) is 15.5 Å². The van der Waals surface area contributed by atoms with Crippen molar-refractivity contribution < 1.29 is 23.2 Å². The number of rotatable bonds is 4. The highest BCUT2D eigenvalue weighted by molar-refractivity contribution is 6.27. The van der Waals surface area contributed by atoms with Gasteiger partial charge in [-0.3, -0.25) is 14.4 Å². The third-order valence-electron chi connectivity index (χ3n) is 6.76. The van der Waals surface area contributed by atoms with E-state index in [1.807, 2.05) is 0 Å². The molecule has 9 heteroatoms. The molecular formula is C20H22F2N4O3. The first-order valence-corrected chi connectivity index (χ1v) is 10.0. The van der Waals surface area contributed by atoms with Gasteiger partial charge in [0.05, 0.1) is 11.6 Å². The minimum absolute atomic E-state index is 0.165. The zero-order valence-corrected chi connectivity index (χ0v) is 15.8. The van der Waals surface area contributed by atoms with Crippen LogP contribution in [0.1, 0.15) is 35.2 Å². The van der Waals surface area contributed by atoms with Gasteiger partial charge in [-0.15, -0.1) is 0 Å². The number of nitrogens with zero attached hydrogens (tertiary/aromatic N) is 2. The molecule has 4 aliphatic heterocycles. The molecule has 5 rings (SSSR count). The lowest BCUT2D eigenvalue weighted by atomic mass is 9.97. The molecule has 4 aliphatic rings. The van der Waals surface area contributed by atoms with Gasteiger partial charge in [0.2, 0.25) is 5.78 Å². The summed E-state index contributed by atoms with van der Waals surface area (Å²) in [4.78, 5) is 38.9. The van der Waals surface area contributed by atoms with Crippen molar-refractivity contribution in [2.24, 2.45) is 0 Å². The average Bonchev–Trinajstić information content (AvgIpc) is 3.45. The molecule has 0 spiro atoms. The van der Waals surface area contributed by atoms with Gasteiger partial charge in [0.25, 0.3) is 5.91 Å². The third kappa shape index (κ3) is 2.86. The average molecular weight is 404 g/mol. The number of Topliss-reactive ketones (excluding diaryl/α,β-unsaturated/α-hetero) is 1. The first-order chi connectivity index (χ1) is 14.0. The normalized spacial score (nSPS) is 30.8. The van der Waals surface area contributed by atoms with Gasteiger partial charge in [0, 0.05) is 61.6 Å². The zero-order valence-electron chi connectivity index (χ0n) is 15.8. The van der Waals surface area contributed by atoms with Crippen LogP contribution in [0.25, 0.3) is 0 Å². The third-order valence-corrected chi connectivity index (χ3v) is 6.76. The number of anilines is 1. The van der Waals surface area contributed by atoms with Gasteiger partial charge in [-0.05, 0) is 19.3 Å². The largest absolute Gasteiger partial charge is 0.365 e. The second kappa shape index (κ2) is 6.84. The maximum atomic E-state index is 14.6. The Morgan fingerprint density at radius 2 is 1.93 bits per heavy atom. The standard InChI is InChI=1S/C20H22F2N4O3/c21-14-4-16(25-7-10-3-12(25)6-23-10)13-8-26(20(29)18(13)19(14)22)11-1-2-15(24-5-11)17(28)9-27/h4,9-12,15,23-24H,1-3,5-8H2. The fraction of sp³-hybridized carbons (Fsp3) is 0.550. The first kappa shape index (κ1) is 18.6. The SMILES string of the molecule is O=CC(=O)C1CCC(N2Cc3c(N4CC5CC4CN5)cc(F)c(F)c3C2=O)CN1. The fourth-order valence-electron chi connectivity index (χ4n) is 5.26. The maximum Gasteiger partial charge on any atom is 0.257 e. The van der Waals surface area contributed by atoms with E-state index in [4.69, 9.17) is 0 Å². The lowest BCUT2D eigenvalue weighted by Gasteiger charge is -2.34. The number of hydrogen-bond donors (Lipinski definition) is 2. The summed E-state index contributed by atoms with van der Waals surface area (Å²) in [5.41, 5.74) is 0.996. The number of fused-ring (bicyclic) bond motifs is 3. The molecule has 4 unspecified atom stereocenters. The Bertz CT molecular complexity index is 900. The number of carbonyl (C=O) groups excluding carboxylic acids is 3. The Morgan fingerprint density at radius 3 is 2.55 bits per heavy atom. The molecule has 0 saturated carbocycles. The van der Waals surface area contributed by atoms with Crippen molar-refractivity contribution in [2.45, 2.75) is 50.0 Å². The maximum absolute atomic E-state index is 14.6. The monoisotopic (exact) mass is 404 g/mol. The van der Waals surface area contributed by atoms with Crippen LogP contribution >= 0.6 is 0 Å². The Labute approximate surface area is 166 Å². The van der Waals surface area contributed by atoms with Crippen molar-refractivity contribution in [3.05, 3.63) is 28.8 Å². The number of piperazine rings is 1. The van der Waals surface area contributed by atoms with Gasteiger partial charge < -0.3 is 20.4 Å². The van der Waals surface area contributed by atoms with Crippen molar-refractivity contribution in [2.75, 3.05) is 24.5 Å². The van der Waals surface area contributed by atoms with E-state index in [9.17, 15) is 23.2 Å². The summed E-state index contributed by atoms with van der Waals surface area (Å²) in [5, 5.41) is 6.39. The molecule has 154 valence electrons. The van der Waals surface area contributed by atoms with E-state index in [0.717, 1.165) is 19.5 Å². The summed E-state index contributed by atoms with van der Waals surface area (Å²) in [7, 11) is 0. The van der Waals surface area contributed by atoms with E-state index < -0.39 is 29.4 Å². The van der Waals surface area contributed by atoms with Crippen LogP contribution < -0.4 is 15.5 Å². The predicted molar refractivity (Wildman–Crippen MR) is 99.7 cm³/mol. The quantitative estimate of drug-likeness (QED) is 0.557. The summed E-state index contributed by atoms with van der Waals surface area (Å²) in [5.74, 6) is -3.10. The van der Waals surface area contributed by atoms with E-state index >= 15 is 0 Å². The lowest BCUT2D eigenvalue weighted by Crippen LogP contribution is -2.52.